The smallest absolute Gasteiger partial charge is 0.367 e. The van der Waals surface area contributed by atoms with Crippen molar-refractivity contribution in [3.05, 3.63) is 75.7 Å². The minimum Gasteiger partial charge on any atom is -0.388 e. The summed E-state index contributed by atoms with van der Waals surface area (Å²) in [6, 6.07) is 6.00. The Bertz CT molecular complexity index is 1570. The van der Waals surface area contributed by atoms with Crippen molar-refractivity contribution in [3.63, 3.8) is 0 Å². The number of alkyl halides is 2. The minimum atomic E-state index is -3.73. The van der Waals surface area contributed by atoms with Crippen LogP contribution in [0, 0.1) is 16.7 Å². The molecule has 38 heavy (non-hydrogen) atoms. The molecule has 0 aliphatic carbocycles. The quantitative estimate of drug-likeness (QED) is 0.235. The van der Waals surface area contributed by atoms with Crippen LogP contribution in [0.3, 0.4) is 0 Å². The number of pyridine rings is 1. The summed E-state index contributed by atoms with van der Waals surface area (Å²) in [5, 5.41) is 33.3. The number of rotatable bonds is 8. The number of aromatic nitrogens is 4. The fourth-order valence-electron chi connectivity index (χ4n) is 3.65. The molecule has 4 aromatic rings. The van der Waals surface area contributed by atoms with E-state index in [0.717, 1.165) is 6.20 Å². The van der Waals surface area contributed by atoms with Crippen molar-refractivity contribution in [2.24, 2.45) is 5.41 Å². The molecule has 2 heterocycles. The number of aliphatic hydroxyl groups is 1. The highest BCUT2D eigenvalue weighted by Crippen LogP contribution is 2.37. The number of halogens is 4. The third-order valence-corrected chi connectivity index (χ3v) is 6.15. The molecule has 3 N–H and O–H groups in total. The maximum Gasteiger partial charge on any atom is 0.367 e. The zero-order valence-corrected chi connectivity index (χ0v) is 22.2. The van der Waals surface area contributed by atoms with Crippen molar-refractivity contribution in [3.8, 4) is 6.07 Å². The third kappa shape index (κ3) is 5.80. The van der Waals surface area contributed by atoms with Crippen LogP contribution in [0.2, 0.25) is 10.0 Å². The zero-order chi connectivity index (χ0) is 28.6. The Kier molecular flexibility index (Phi) is 7.34. The van der Waals surface area contributed by atoms with Gasteiger partial charge in [-0.1, -0.05) is 67.4 Å². The summed E-state index contributed by atoms with van der Waals surface area (Å²) in [5.74, 6) is 0. The Morgan fingerprint density at radius 2 is 1.95 bits per heavy atom. The normalized spacial score (nSPS) is 14.0. The van der Waals surface area contributed by atoms with Crippen LogP contribution >= 0.6 is 23.2 Å². The highest BCUT2D eigenvalue weighted by atomic mass is 35.5. The van der Waals surface area contributed by atoms with E-state index in [-0.39, 0.29) is 31.4 Å². The zero-order valence-electron chi connectivity index (χ0n) is 21.7. The molecule has 0 radical (unpaired) electrons. The van der Waals surface area contributed by atoms with Gasteiger partial charge in [0, 0.05) is 28.8 Å². The number of aliphatic hydroxyl groups excluding tert-OH is 1. The van der Waals surface area contributed by atoms with E-state index in [1.165, 1.54) is 12.3 Å². The molecular formula is C26H25Cl2F2N7O. The summed E-state index contributed by atoms with van der Waals surface area (Å²) < 4.78 is 37.9. The van der Waals surface area contributed by atoms with Gasteiger partial charge in [-0.25, -0.2) is 0 Å². The lowest BCUT2D eigenvalue weighted by Crippen LogP contribution is -2.27. The van der Waals surface area contributed by atoms with Crippen LogP contribution in [0.25, 0.3) is 10.9 Å². The average molecular weight is 561 g/mol. The van der Waals surface area contributed by atoms with Gasteiger partial charge in [0.05, 0.1) is 35.4 Å². The standard InChI is InChI=1S/C26H25Cl2F2N7O/c1-25(2,3)13-33-22-15(10-31)11-32-23-18(22)8-16(9-20(23)28)34-24(17-6-4-5-7-19(17)27)21-12-37(36-35-21)26(29,30)14-38/h4-9,11-12,24,34,38H,13-14H2,1-3H3,(H,32,33)/i24D. The van der Waals surface area contributed by atoms with Crippen molar-refractivity contribution in [1.82, 2.24) is 20.0 Å². The largest absolute Gasteiger partial charge is 0.388 e. The molecule has 0 fully saturated rings. The van der Waals surface area contributed by atoms with E-state index >= 15 is 0 Å². The van der Waals surface area contributed by atoms with Gasteiger partial charge in [-0.3, -0.25) is 4.98 Å². The number of nitrogens with one attached hydrogen (secondary N) is 2. The Labute approximate surface area is 229 Å². The molecule has 0 amide bonds. The average Bonchev–Trinajstić information content (AvgIpc) is 3.39. The highest BCUT2D eigenvalue weighted by Gasteiger charge is 2.33. The van der Waals surface area contributed by atoms with Gasteiger partial charge in [0.25, 0.3) is 0 Å². The lowest BCUT2D eigenvalue weighted by Gasteiger charge is -2.22. The van der Waals surface area contributed by atoms with Crippen molar-refractivity contribution in [2.45, 2.75) is 32.8 Å². The maximum atomic E-state index is 14.1. The molecule has 2 aromatic heterocycles. The minimum absolute atomic E-state index is 0.106. The number of fused-ring (bicyclic) bond motifs is 1. The third-order valence-electron chi connectivity index (χ3n) is 5.53. The Balaban J connectivity index is 1.89. The summed E-state index contributed by atoms with van der Waals surface area (Å²) in [4.78, 5) is 4.34. The van der Waals surface area contributed by atoms with Gasteiger partial charge < -0.3 is 15.7 Å². The Morgan fingerprint density at radius 3 is 2.61 bits per heavy atom. The molecule has 0 saturated heterocycles. The van der Waals surface area contributed by atoms with Gasteiger partial charge in [0.2, 0.25) is 0 Å². The second-order valence-electron chi connectivity index (χ2n) is 9.78. The number of nitriles is 1. The summed E-state index contributed by atoms with van der Waals surface area (Å²) in [5.41, 5.74) is 1.45. The second kappa shape index (κ2) is 10.7. The topological polar surface area (TPSA) is 112 Å². The lowest BCUT2D eigenvalue weighted by atomic mass is 9.96. The summed E-state index contributed by atoms with van der Waals surface area (Å²) in [6.45, 7) is 5.17. The van der Waals surface area contributed by atoms with Gasteiger partial charge in [-0.15, -0.1) is 5.10 Å². The van der Waals surface area contributed by atoms with E-state index in [1.54, 1.807) is 30.3 Å². The predicted octanol–water partition coefficient (Wildman–Crippen LogP) is 6.21. The molecule has 2 aromatic carbocycles. The summed E-state index contributed by atoms with van der Waals surface area (Å²) >= 11 is 13.0. The molecule has 0 aliphatic rings. The lowest BCUT2D eigenvalue weighted by molar-refractivity contribution is -0.131. The first kappa shape index (κ1) is 26.1. The Morgan fingerprint density at radius 1 is 1.21 bits per heavy atom. The van der Waals surface area contributed by atoms with Crippen LogP contribution in [0.4, 0.5) is 20.2 Å². The fraction of sp³-hybridized carbons (Fsp3) is 0.308. The van der Waals surface area contributed by atoms with Gasteiger partial charge in [0.15, 0.2) is 0 Å². The molecule has 4 rings (SSSR count). The van der Waals surface area contributed by atoms with E-state index in [9.17, 15) is 15.4 Å². The number of anilines is 2. The molecule has 198 valence electrons. The van der Waals surface area contributed by atoms with E-state index in [1.807, 2.05) is 20.8 Å². The van der Waals surface area contributed by atoms with E-state index < -0.39 is 18.7 Å². The predicted molar refractivity (Wildman–Crippen MR) is 144 cm³/mol. The van der Waals surface area contributed by atoms with Gasteiger partial charge in [-0.2, -0.15) is 18.7 Å². The molecule has 0 aliphatic heterocycles. The van der Waals surface area contributed by atoms with Crippen LogP contribution < -0.4 is 10.6 Å². The van der Waals surface area contributed by atoms with Crippen molar-refractivity contribution < 1.29 is 15.3 Å². The summed E-state index contributed by atoms with van der Waals surface area (Å²) in [7, 11) is 0. The Hall–Kier alpha value is -3.52. The number of hydrogen-bond acceptors (Lipinski definition) is 7. The fourth-order valence-corrected chi connectivity index (χ4v) is 4.15. The molecule has 1 atom stereocenters. The SMILES string of the molecule is [2H]C(Nc1cc(Cl)c2ncc(C#N)c(NCC(C)(C)C)c2c1)(c1cn(C(F)(F)CO)nn1)c1ccccc1Cl. The van der Waals surface area contributed by atoms with Crippen LogP contribution in [0.1, 0.15) is 45.0 Å². The molecule has 0 bridgehead atoms. The van der Waals surface area contributed by atoms with Crippen molar-refractivity contribution >= 4 is 45.5 Å². The van der Waals surface area contributed by atoms with E-state index in [2.05, 4.69) is 32.0 Å². The van der Waals surface area contributed by atoms with Crippen molar-refractivity contribution in [1.29, 1.82) is 5.26 Å². The van der Waals surface area contributed by atoms with E-state index in [0.29, 0.717) is 34.4 Å². The molecule has 12 heteroatoms. The van der Waals surface area contributed by atoms with E-state index in [4.69, 9.17) is 28.3 Å². The van der Waals surface area contributed by atoms with Crippen molar-refractivity contribution in [2.75, 3.05) is 23.8 Å². The van der Waals surface area contributed by atoms with Crippen LogP contribution in [-0.4, -0.2) is 38.2 Å². The second-order valence-corrected chi connectivity index (χ2v) is 10.6. The van der Waals surface area contributed by atoms with Gasteiger partial charge in [-0.05, 0) is 29.2 Å². The van der Waals surface area contributed by atoms with Crippen LogP contribution in [0.5, 0.6) is 0 Å². The van der Waals surface area contributed by atoms with Gasteiger partial charge in [0.1, 0.15) is 18.4 Å². The first-order valence-corrected chi connectivity index (χ1v) is 12.3. The molecule has 8 nitrogen and oxygen atoms in total. The van der Waals surface area contributed by atoms with Crippen LogP contribution in [-0.2, 0) is 6.05 Å². The first-order chi connectivity index (χ1) is 18.3. The molecule has 0 spiro atoms. The highest BCUT2D eigenvalue weighted by molar-refractivity contribution is 6.36. The monoisotopic (exact) mass is 560 g/mol. The molecule has 1 unspecified atom stereocenters. The number of hydrogen-bond donors (Lipinski definition) is 3. The number of nitrogens with zero attached hydrogens (tertiary/aromatic N) is 5. The summed E-state index contributed by atoms with van der Waals surface area (Å²) in [6.07, 6.45) is 2.30. The van der Waals surface area contributed by atoms with Gasteiger partial charge >= 0.3 is 6.05 Å². The first-order valence-electron chi connectivity index (χ1n) is 12.0. The number of benzene rings is 2. The van der Waals surface area contributed by atoms with Crippen LogP contribution in [0.15, 0.2) is 48.8 Å². The maximum absolute atomic E-state index is 14.1. The molecular weight excluding hydrogens is 535 g/mol. The molecule has 0 saturated carbocycles.